The molecular formula is C20H26N4O3. The fourth-order valence-corrected chi connectivity index (χ4v) is 3.37. The number of carbonyl (C=O) groups excluding carboxylic acids is 2. The molecule has 7 nitrogen and oxygen atoms in total. The number of nitrogens with one attached hydrogen (secondary N) is 1. The number of benzene rings is 1. The minimum atomic E-state index is -0.127. The standard InChI is InChI=1S/C20H26N4O3/c1-3-27-18-7-4-15(5-8-18)6-9-20(26)23-13-16-10-11-22-24(16)17(14-23)12-19(25)21-2/h4-5,7-8,10-11,17H,3,6,9,12-14H2,1-2H3,(H,21,25). The Kier molecular flexibility index (Phi) is 6.11. The number of fused-ring (bicyclic) bond motifs is 1. The molecule has 2 amide bonds. The Bertz CT molecular complexity index is 785. The zero-order chi connectivity index (χ0) is 19.2. The molecule has 0 bridgehead atoms. The van der Waals surface area contributed by atoms with Crippen molar-refractivity contribution in [2.75, 3.05) is 20.2 Å². The molecule has 0 saturated carbocycles. The molecule has 27 heavy (non-hydrogen) atoms. The quantitative estimate of drug-likeness (QED) is 0.808. The number of hydrogen-bond donors (Lipinski definition) is 1. The molecule has 1 aromatic carbocycles. The Labute approximate surface area is 159 Å². The number of ether oxygens (including phenoxy) is 1. The summed E-state index contributed by atoms with van der Waals surface area (Å²) in [5.74, 6) is 0.886. The van der Waals surface area contributed by atoms with Gasteiger partial charge in [0.2, 0.25) is 11.8 Å². The fraction of sp³-hybridized carbons (Fsp3) is 0.450. The molecule has 0 radical (unpaired) electrons. The number of aryl methyl sites for hydroxylation is 1. The van der Waals surface area contributed by atoms with Gasteiger partial charge in [0.1, 0.15) is 5.75 Å². The van der Waals surface area contributed by atoms with Gasteiger partial charge in [0.15, 0.2) is 0 Å². The third-order valence-electron chi connectivity index (χ3n) is 4.80. The lowest BCUT2D eigenvalue weighted by Gasteiger charge is -2.33. The largest absolute Gasteiger partial charge is 0.494 e. The van der Waals surface area contributed by atoms with Gasteiger partial charge in [-0.15, -0.1) is 0 Å². The molecule has 2 heterocycles. The van der Waals surface area contributed by atoms with E-state index in [1.807, 2.05) is 46.8 Å². The van der Waals surface area contributed by atoms with E-state index in [2.05, 4.69) is 10.4 Å². The van der Waals surface area contributed by atoms with Gasteiger partial charge in [-0.3, -0.25) is 14.3 Å². The van der Waals surface area contributed by atoms with Crippen LogP contribution in [-0.4, -0.2) is 46.7 Å². The molecule has 1 N–H and O–H groups in total. The lowest BCUT2D eigenvalue weighted by Crippen LogP contribution is -2.42. The maximum atomic E-state index is 12.7. The number of carbonyl (C=O) groups is 2. The second kappa shape index (κ2) is 8.70. The van der Waals surface area contributed by atoms with Gasteiger partial charge in [0.25, 0.3) is 0 Å². The van der Waals surface area contributed by atoms with Crippen molar-refractivity contribution in [3.05, 3.63) is 47.8 Å². The summed E-state index contributed by atoms with van der Waals surface area (Å²) in [6.07, 6.45) is 3.16. The van der Waals surface area contributed by atoms with Crippen LogP contribution in [0.15, 0.2) is 36.5 Å². The minimum absolute atomic E-state index is 0.0508. The Morgan fingerprint density at radius 3 is 2.74 bits per heavy atom. The number of amides is 2. The number of nitrogens with zero attached hydrogens (tertiary/aromatic N) is 3. The summed E-state index contributed by atoms with van der Waals surface area (Å²) < 4.78 is 7.31. The molecule has 1 aliphatic heterocycles. The lowest BCUT2D eigenvalue weighted by atomic mass is 10.1. The highest BCUT2D eigenvalue weighted by Crippen LogP contribution is 2.24. The average Bonchev–Trinajstić information content (AvgIpc) is 3.16. The number of rotatable bonds is 7. The van der Waals surface area contributed by atoms with Crippen molar-refractivity contribution in [3.8, 4) is 5.75 Å². The summed E-state index contributed by atoms with van der Waals surface area (Å²) >= 11 is 0. The maximum absolute atomic E-state index is 12.7. The van der Waals surface area contributed by atoms with E-state index in [1.54, 1.807) is 13.2 Å². The zero-order valence-electron chi connectivity index (χ0n) is 15.9. The second-order valence-corrected chi connectivity index (χ2v) is 6.65. The molecule has 0 saturated heterocycles. The smallest absolute Gasteiger partial charge is 0.223 e. The number of hydrogen-bond acceptors (Lipinski definition) is 4. The van der Waals surface area contributed by atoms with Gasteiger partial charge >= 0.3 is 0 Å². The molecule has 1 atom stereocenters. The molecule has 1 aromatic heterocycles. The van der Waals surface area contributed by atoms with Gasteiger partial charge in [0.05, 0.1) is 31.3 Å². The first kappa shape index (κ1) is 18.9. The maximum Gasteiger partial charge on any atom is 0.223 e. The van der Waals surface area contributed by atoms with E-state index in [0.717, 1.165) is 17.0 Å². The van der Waals surface area contributed by atoms with E-state index in [0.29, 0.717) is 39.0 Å². The van der Waals surface area contributed by atoms with Crippen molar-refractivity contribution in [1.82, 2.24) is 20.0 Å². The number of aromatic nitrogens is 2. The predicted molar refractivity (Wildman–Crippen MR) is 101 cm³/mol. The van der Waals surface area contributed by atoms with E-state index < -0.39 is 0 Å². The first-order valence-corrected chi connectivity index (χ1v) is 9.33. The van der Waals surface area contributed by atoms with E-state index in [-0.39, 0.29) is 17.9 Å². The van der Waals surface area contributed by atoms with Crippen LogP contribution in [0.4, 0.5) is 0 Å². The van der Waals surface area contributed by atoms with Crippen molar-refractivity contribution in [1.29, 1.82) is 0 Å². The molecule has 0 fully saturated rings. The van der Waals surface area contributed by atoms with E-state index in [4.69, 9.17) is 4.74 Å². The van der Waals surface area contributed by atoms with Crippen LogP contribution in [0.3, 0.4) is 0 Å². The van der Waals surface area contributed by atoms with Crippen LogP contribution < -0.4 is 10.1 Å². The first-order valence-electron chi connectivity index (χ1n) is 9.33. The van der Waals surface area contributed by atoms with Crippen LogP contribution in [-0.2, 0) is 22.6 Å². The third kappa shape index (κ3) is 4.67. The summed E-state index contributed by atoms with van der Waals surface area (Å²) in [6, 6.07) is 9.64. The Morgan fingerprint density at radius 1 is 1.26 bits per heavy atom. The first-order chi connectivity index (χ1) is 13.1. The summed E-state index contributed by atoms with van der Waals surface area (Å²) in [5.41, 5.74) is 2.07. The van der Waals surface area contributed by atoms with Crippen molar-refractivity contribution >= 4 is 11.8 Å². The van der Waals surface area contributed by atoms with Crippen molar-refractivity contribution in [3.63, 3.8) is 0 Å². The van der Waals surface area contributed by atoms with Crippen molar-refractivity contribution in [2.24, 2.45) is 0 Å². The van der Waals surface area contributed by atoms with Gasteiger partial charge in [-0.25, -0.2) is 0 Å². The summed E-state index contributed by atoms with van der Waals surface area (Å²) in [5, 5.41) is 6.97. The fourth-order valence-electron chi connectivity index (χ4n) is 3.37. The normalized spacial score (nSPS) is 15.9. The molecular weight excluding hydrogens is 344 g/mol. The summed E-state index contributed by atoms with van der Waals surface area (Å²) in [6.45, 7) is 3.63. The molecule has 0 spiro atoms. The monoisotopic (exact) mass is 370 g/mol. The second-order valence-electron chi connectivity index (χ2n) is 6.65. The predicted octanol–water partition coefficient (Wildman–Crippen LogP) is 1.93. The molecule has 7 heteroatoms. The highest BCUT2D eigenvalue weighted by Gasteiger charge is 2.29. The van der Waals surface area contributed by atoms with Crippen LogP contribution in [0.25, 0.3) is 0 Å². The molecule has 3 rings (SSSR count). The Balaban J connectivity index is 1.60. The average molecular weight is 370 g/mol. The third-order valence-corrected chi connectivity index (χ3v) is 4.80. The molecule has 1 aliphatic rings. The van der Waals surface area contributed by atoms with Gasteiger partial charge < -0.3 is 15.0 Å². The zero-order valence-corrected chi connectivity index (χ0v) is 15.9. The topological polar surface area (TPSA) is 76.5 Å². The van der Waals surface area contributed by atoms with Crippen LogP contribution in [0.1, 0.15) is 37.1 Å². The van der Waals surface area contributed by atoms with Crippen LogP contribution in [0.2, 0.25) is 0 Å². The lowest BCUT2D eigenvalue weighted by molar-refractivity contribution is -0.134. The Morgan fingerprint density at radius 2 is 2.04 bits per heavy atom. The molecule has 2 aromatic rings. The molecule has 0 aliphatic carbocycles. The van der Waals surface area contributed by atoms with E-state index in [9.17, 15) is 9.59 Å². The highest BCUT2D eigenvalue weighted by molar-refractivity contribution is 5.78. The van der Waals surface area contributed by atoms with E-state index >= 15 is 0 Å². The van der Waals surface area contributed by atoms with Gasteiger partial charge in [-0.2, -0.15) is 5.10 Å². The van der Waals surface area contributed by atoms with Crippen molar-refractivity contribution < 1.29 is 14.3 Å². The van der Waals surface area contributed by atoms with E-state index in [1.165, 1.54) is 0 Å². The van der Waals surface area contributed by atoms with Gasteiger partial charge in [-0.1, -0.05) is 12.1 Å². The van der Waals surface area contributed by atoms with Gasteiger partial charge in [0, 0.05) is 26.2 Å². The van der Waals surface area contributed by atoms with Crippen LogP contribution >= 0.6 is 0 Å². The highest BCUT2D eigenvalue weighted by atomic mass is 16.5. The van der Waals surface area contributed by atoms with Gasteiger partial charge in [-0.05, 0) is 37.1 Å². The Hall–Kier alpha value is -2.83. The van der Waals surface area contributed by atoms with Crippen molar-refractivity contribution in [2.45, 2.75) is 38.8 Å². The summed E-state index contributed by atoms with van der Waals surface area (Å²) in [7, 11) is 1.62. The summed E-state index contributed by atoms with van der Waals surface area (Å²) in [4.78, 5) is 26.4. The van der Waals surface area contributed by atoms with Crippen LogP contribution in [0, 0.1) is 0 Å². The van der Waals surface area contributed by atoms with Crippen LogP contribution in [0.5, 0.6) is 5.75 Å². The molecule has 144 valence electrons. The molecule has 1 unspecified atom stereocenters. The SMILES string of the molecule is CCOc1ccc(CCC(=O)N2Cc3ccnn3C(CC(=O)NC)C2)cc1. The minimum Gasteiger partial charge on any atom is -0.494 e.